The quantitative estimate of drug-likeness (QED) is 0.832. The SMILES string of the molecule is CNCCN(C)c1ccc(S(N)(=O)=O)cc1F.Cl. The minimum atomic E-state index is -3.86. The van der Waals surface area contributed by atoms with Crippen molar-refractivity contribution in [2.24, 2.45) is 5.14 Å². The number of hydrogen-bond acceptors (Lipinski definition) is 4. The van der Waals surface area contributed by atoms with Gasteiger partial charge in [-0.1, -0.05) is 0 Å². The standard InChI is InChI=1S/C10H16FN3O2S.ClH/c1-13-5-6-14(2)10-4-3-8(7-9(10)11)17(12,15)16;/h3-4,7,13H,5-6H2,1-2H3,(H2,12,15,16);1H. The predicted molar refractivity (Wildman–Crippen MR) is 72.2 cm³/mol. The van der Waals surface area contributed by atoms with Crippen LogP contribution in [0.4, 0.5) is 10.1 Å². The third-order valence-corrected chi connectivity index (χ3v) is 3.27. The Bertz CT molecular complexity index is 496. The summed E-state index contributed by atoms with van der Waals surface area (Å²) in [5.74, 6) is -0.602. The monoisotopic (exact) mass is 297 g/mol. The van der Waals surface area contributed by atoms with Crippen molar-refractivity contribution < 1.29 is 12.8 Å². The Labute approximate surface area is 113 Å². The molecule has 1 aromatic carbocycles. The highest BCUT2D eigenvalue weighted by Gasteiger charge is 2.13. The fraction of sp³-hybridized carbons (Fsp3) is 0.400. The highest BCUT2D eigenvalue weighted by atomic mass is 35.5. The molecule has 0 aliphatic carbocycles. The van der Waals surface area contributed by atoms with Crippen molar-refractivity contribution in [2.75, 3.05) is 32.1 Å². The fourth-order valence-electron chi connectivity index (χ4n) is 1.37. The van der Waals surface area contributed by atoms with Gasteiger partial charge in [0.15, 0.2) is 0 Å². The summed E-state index contributed by atoms with van der Waals surface area (Å²) in [6.45, 7) is 1.31. The Morgan fingerprint density at radius 3 is 2.50 bits per heavy atom. The van der Waals surface area contributed by atoms with Crippen molar-refractivity contribution in [3.05, 3.63) is 24.0 Å². The van der Waals surface area contributed by atoms with Gasteiger partial charge in [-0.3, -0.25) is 0 Å². The van der Waals surface area contributed by atoms with Crippen LogP contribution < -0.4 is 15.4 Å². The summed E-state index contributed by atoms with van der Waals surface area (Å²) in [4.78, 5) is 1.47. The smallest absolute Gasteiger partial charge is 0.238 e. The van der Waals surface area contributed by atoms with Crippen molar-refractivity contribution in [1.82, 2.24) is 5.32 Å². The van der Waals surface area contributed by atoms with Gasteiger partial charge in [-0.15, -0.1) is 12.4 Å². The first-order valence-electron chi connectivity index (χ1n) is 5.04. The predicted octanol–water partition coefficient (Wildman–Crippen LogP) is 0.551. The van der Waals surface area contributed by atoms with Gasteiger partial charge in [-0.25, -0.2) is 17.9 Å². The maximum atomic E-state index is 13.7. The molecule has 8 heteroatoms. The van der Waals surface area contributed by atoms with Crippen LogP contribution in [0.3, 0.4) is 0 Å². The Balaban J connectivity index is 0.00000289. The zero-order valence-corrected chi connectivity index (χ0v) is 11.8. The number of benzene rings is 1. The van der Waals surface area contributed by atoms with E-state index < -0.39 is 15.8 Å². The summed E-state index contributed by atoms with van der Waals surface area (Å²) in [6.07, 6.45) is 0. The number of rotatable bonds is 5. The molecule has 5 nitrogen and oxygen atoms in total. The van der Waals surface area contributed by atoms with E-state index in [0.717, 1.165) is 6.07 Å². The highest BCUT2D eigenvalue weighted by Crippen LogP contribution is 2.20. The molecule has 1 rings (SSSR count). The van der Waals surface area contributed by atoms with E-state index in [2.05, 4.69) is 5.32 Å². The van der Waals surface area contributed by atoms with Gasteiger partial charge in [0.1, 0.15) is 5.82 Å². The van der Waals surface area contributed by atoms with Gasteiger partial charge in [-0.05, 0) is 25.2 Å². The molecule has 0 radical (unpaired) electrons. The molecule has 0 bridgehead atoms. The van der Waals surface area contributed by atoms with Crippen LogP contribution in [0, 0.1) is 5.82 Å². The van der Waals surface area contributed by atoms with E-state index in [1.165, 1.54) is 12.1 Å². The number of nitrogens with one attached hydrogen (secondary N) is 1. The van der Waals surface area contributed by atoms with Crippen LogP contribution in [0.5, 0.6) is 0 Å². The van der Waals surface area contributed by atoms with Gasteiger partial charge in [0.2, 0.25) is 10.0 Å². The Morgan fingerprint density at radius 1 is 1.44 bits per heavy atom. The van der Waals surface area contributed by atoms with Crippen LogP contribution in [-0.2, 0) is 10.0 Å². The van der Waals surface area contributed by atoms with Gasteiger partial charge < -0.3 is 10.2 Å². The van der Waals surface area contributed by atoms with Gasteiger partial charge in [-0.2, -0.15) is 0 Å². The molecule has 18 heavy (non-hydrogen) atoms. The highest BCUT2D eigenvalue weighted by molar-refractivity contribution is 7.89. The average molecular weight is 298 g/mol. The van der Waals surface area contributed by atoms with Gasteiger partial charge in [0.25, 0.3) is 0 Å². The first-order chi connectivity index (χ1) is 7.86. The summed E-state index contributed by atoms with van der Waals surface area (Å²) in [5.41, 5.74) is 0.340. The van der Waals surface area contributed by atoms with Crippen LogP contribution in [-0.4, -0.2) is 35.6 Å². The number of halogens is 2. The molecule has 104 valence electrons. The van der Waals surface area contributed by atoms with E-state index in [0.29, 0.717) is 18.8 Å². The Morgan fingerprint density at radius 2 is 2.06 bits per heavy atom. The largest absolute Gasteiger partial charge is 0.371 e. The van der Waals surface area contributed by atoms with E-state index in [4.69, 9.17) is 5.14 Å². The topological polar surface area (TPSA) is 75.4 Å². The molecule has 1 aromatic rings. The number of nitrogens with two attached hydrogens (primary N) is 1. The van der Waals surface area contributed by atoms with Crippen molar-refractivity contribution in [3.63, 3.8) is 0 Å². The third-order valence-electron chi connectivity index (χ3n) is 2.36. The molecule has 0 heterocycles. The second-order valence-corrected chi connectivity index (χ2v) is 5.24. The zero-order chi connectivity index (χ0) is 13.1. The lowest BCUT2D eigenvalue weighted by Crippen LogP contribution is -2.27. The minimum absolute atomic E-state index is 0. The maximum absolute atomic E-state index is 13.7. The molecular weight excluding hydrogens is 281 g/mol. The summed E-state index contributed by atoms with van der Waals surface area (Å²) in [6, 6.07) is 3.63. The van der Waals surface area contributed by atoms with E-state index in [1.807, 2.05) is 0 Å². The average Bonchev–Trinajstić information content (AvgIpc) is 2.24. The number of sulfonamides is 1. The van der Waals surface area contributed by atoms with E-state index in [1.54, 1.807) is 19.0 Å². The number of nitrogens with zero attached hydrogens (tertiary/aromatic N) is 1. The summed E-state index contributed by atoms with van der Waals surface area (Å²) in [5, 5.41) is 7.86. The number of primary sulfonamides is 1. The Hall–Kier alpha value is -0.890. The van der Waals surface area contributed by atoms with Crippen LogP contribution in [0.2, 0.25) is 0 Å². The third kappa shape index (κ3) is 4.41. The molecule has 0 aromatic heterocycles. The number of anilines is 1. The second kappa shape index (κ2) is 6.89. The first kappa shape index (κ1) is 17.1. The van der Waals surface area contributed by atoms with Crippen LogP contribution in [0.25, 0.3) is 0 Å². The van der Waals surface area contributed by atoms with Crippen LogP contribution >= 0.6 is 12.4 Å². The molecule has 0 unspecified atom stereocenters. The van der Waals surface area contributed by atoms with Crippen LogP contribution in [0.15, 0.2) is 23.1 Å². The molecule has 0 saturated carbocycles. The summed E-state index contributed by atoms with van der Waals surface area (Å²) in [7, 11) is -0.327. The van der Waals surface area contributed by atoms with Gasteiger partial charge >= 0.3 is 0 Å². The van der Waals surface area contributed by atoms with Gasteiger partial charge in [0.05, 0.1) is 10.6 Å². The second-order valence-electron chi connectivity index (χ2n) is 3.68. The van der Waals surface area contributed by atoms with Crippen LogP contribution in [0.1, 0.15) is 0 Å². The molecule has 0 fully saturated rings. The number of hydrogen-bond donors (Lipinski definition) is 2. The van der Waals surface area contributed by atoms with E-state index in [-0.39, 0.29) is 17.3 Å². The molecule has 3 N–H and O–H groups in total. The maximum Gasteiger partial charge on any atom is 0.238 e. The molecule has 0 aliphatic rings. The minimum Gasteiger partial charge on any atom is -0.371 e. The zero-order valence-electron chi connectivity index (χ0n) is 10.2. The van der Waals surface area contributed by atoms with Crippen molar-refractivity contribution >= 4 is 28.1 Å². The lowest BCUT2D eigenvalue weighted by Gasteiger charge is -2.19. The molecular formula is C10H17ClFN3O2S. The molecule has 0 spiro atoms. The lowest BCUT2D eigenvalue weighted by molar-refractivity contribution is 0.591. The van der Waals surface area contributed by atoms with Crippen molar-refractivity contribution in [2.45, 2.75) is 4.90 Å². The first-order valence-corrected chi connectivity index (χ1v) is 6.59. The van der Waals surface area contributed by atoms with Crippen molar-refractivity contribution in [3.8, 4) is 0 Å². The number of likely N-dealkylation sites (N-methyl/N-ethyl adjacent to an activating group) is 2. The fourth-order valence-corrected chi connectivity index (χ4v) is 1.90. The normalized spacial score (nSPS) is 10.9. The summed E-state index contributed by atoms with van der Waals surface area (Å²) >= 11 is 0. The van der Waals surface area contributed by atoms with E-state index in [9.17, 15) is 12.8 Å². The summed E-state index contributed by atoms with van der Waals surface area (Å²) < 4.78 is 35.7. The van der Waals surface area contributed by atoms with E-state index >= 15 is 0 Å². The molecule has 0 amide bonds. The molecule has 0 saturated heterocycles. The van der Waals surface area contributed by atoms with Crippen molar-refractivity contribution in [1.29, 1.82) is 0 Å². The van der Waals surface area contributed by atoms with Gasteiger partial charge in [0, 0.05) is 20.1 Å². The lowest BCUT2D eigenvalue weighted by atomic mass is 10.3. The molecule has 0 aliphatic heterocycles. The Kier molecular flexibility index (Phi) is 6.55. The molecule has 0 atom stereocenters.